The lowest BCUT2D eigenvalue weighted by atomic mass is 10.1. The molecule has 19 heavy (non-hydrogen) atoms. The maximum atomic E-state index is 5.27. The smallest absolute Gasteiger partial charge is 0.203 e. The second-order valence-electron chi connectivity index (χ2n) is 3.54. The van der Waals surface area contributed by atoms with Crippen molar-refractivity contribution < 1.29 is 18.9 Å². The van der Waals surface area contributed by atoms with E-state index in [2.05, 4.69) is 0 Å². The van der Waals surface area contributed by atoms with E-state index in [0.29, 0.717) is 28.9 Å². The molecule has 0 aromatic heterocycles. The van der Waals surface area contributed by atoms with E-state index < -0.39 is 0 Å². The molecule has 0 saturated carbocycles. The molecule has 0 unspecified atom stereocenters. The summed E-state index contributed by atoms with van der Waals surface area (Å²) in [6.45, 7) is 2.44. The highest BCUT2D eigenvalue weighted by atomic mass is 32.1. The third kappa shape index (κ3) is 4.13. The Morgan fingerprint density at radius 3 is 2.11 bits per heavy atom. The summed E-state index contributed by atoms with van der Waals surface area (Å²) in [7, 11) is 4.73. The summed E-state index contributed by atoms with van der Waals surface area (Å²) < 4.78 is 21.0. The number of hydrogen-bond acceptors (Lipinski definition) is 5. The van der Waals surface area contributed by atoms with Gasteiger partial charge in [-0.3, -0.25) is 0 Å². The van der Waals surface area contributed by atoms with Crippen molar-refractivity contribution in [2.75, 3.05) is 27.9 Å². The molecule has 5 heteroatoms. The normalized spacial score (nSPS) is 10.3. The van der Waals surface area contributed by atoms with Crippen LogP contribution < -0.4 is 14.2 Å². The van der Waals surface area contributed by atoms with Crippen LogP contribution in [-0.4, -0.2) is 33.0 Å². The van der Waals surface area contributed by atoms with Gasteiger partial charge in [-0.25, -0.2) is 0 Å². The van der Waals surface area contributed by atoms with Gasteiger partial charge < -0.3 is 18.9 Å². The van der Waals surface area contributed by atoms with E-state index in [1.54, 1.807) is 27.4 Å². The van der Waals surface area contributed by atoms with E-state index >= 15 is 0 Å². The van der Waals surface area contributed by atoms with Crippen LogP contribution in [0.2, 0.25) is 0 Å². The van der Waals surface area contributed by atoms with Gasteiger partial charge in [0.1, 0.15) is 0 Å². The average molecular weight is 282 g/mol. The van der Waals surface area contributed by atoms with E-state index in [-0.39, 0.29) is 0 Å². The summed E-state index contributed by atoms with van der Waals surface area (Å²) in [6, 6.07) is 3.68. The fourth-order valence-corrected chi connectivity index (χ4v) is 1.74. The van der Waals surface area contributed by atoms with Crippen molar-refractivity contribution in [3.63, 3.8) is 0 Å². The van der Waals surface area contributed by atoms with E-state index in [0.717, 1.165) is 5.56 Å². The lowest BCUT2D eigenvalue weighted by Crippen LogP contribution is -1.97. The van der Waals surface area contributed by atoms with Crippen LogP contribution in [0, 0.1) is 0 Å². The Kier molecular flexibility index (Phi) is 6.15. The number of rotatable bonds is 6. The minimum Gasteiger partial charge on any atom is -0.493 e. The second kappa shape index (κ2) is 7.63. The Bertz CT molecular complexity index is 444. The van der Waals surface area contributed by atoms with Gasteiger partial charge in [0.2, 0.25) is 5.75 Å². The standard InChI is InChI=1S/C14H18O4S/c1-5-18-13(19)7-6-10-8-11(15-2)14(17-4)12(9-10)16-3/h6-9H,5H2,1-4H3/b7-6+. The van der Waals surface area contributed by atoms with Gasteiger partial charge in [-0.2, -0.15) is 0 Å². The summed E-state index contributed by atoms with van der Waals surface area (Å²) in [5.74, 6) is 1.77. The topological polar surface area (TPSA) is 36.9 Å². The van der Waals surface area contributed by atoms with Gasteiger partial charge in [0, 0.05) is 0 Å². The SMILES string of the molecule is CCOC(=S)/C=C/c1cc(OC)c(OC)c(OC)c1. The lowest BCUT2D eigenvalue weighted by molar-refractivity contribution is 0.324. The quantitative estimate of drug-likeness (QED) is 0.592. The van der Waals surface area contributed by atoms with Crippen molar-refractivity contribution in [1.29, 1.82) is 0 Å². The molecule has 0 fully saturated rings. The molecule has 0 heterocycles. The molecular formula is C14H18O4S. The molecule has 0 saturated heterocycles. The lowest BCUT2D eigenvalue weighted by Gasteiger charge is -2.12. The van der Waals surface area contributed by atoms with Crippen molar-refractivity contribution in [2.45, 2.75) is 6.92 Å². The first-order valence-electron chi connectivity index (χ1n) is 5.81. The fourth-order valence-electron chi connectivity index (χ4n) is 1.55. The Hall–Kier alpha value is -1.75. The molecular weight excluding hydrogens is 264 g/mol. The molecule has 0 N–H and O–H groups in total. The van der Waals surface area contributed by atoms with Crippen molar-refractivity contribution in [1.82, 2.24) is 0 Å². The monoisotopic (exact) mass is 282 g/mol. The molecule has 0 amide bonds. The molecule has 1 aromatic rings. The summed E-state index contributed by atoms with van der Waals surface area (Å²) in [5, 5.41) is 0.441. The van der Waals surface area contributed by atoms with Gasteiger partial charge in [0.25, 0.3) is 0 Å². The second-order valence-corrected chi connectivity index (χ2v) is 3.95. The first-order chi connectivity index (χ1) is 9.15. The molecule has 0 spiro atoms. The van der Waals surface area contributed by atoms with E-state index in [4.69, 9.17) is 31.2 Å². The highest BCUT2D eigenvalue weighted by Gasteiger charge is 2.11. The van der Waals surface area contributed by atoms with Gasteiger partial charge in [-0.05, 0) is 42.9 Å². The average Bonchev–Trinajstić information content (AvgIpc) is 2.44. The first kappa shape index (κ1) is 15.3. The van der Waals surface area contributed by atoms with E-state index in [1.165, 1.54) is 0 Å². The van der Waals surface area contributed by atoms with Gasteiger partial charge in [0.05, 0.1) is 27.9 Å². The maximum Gasteiger partial charge on any atom is 0.203 e. The zero-order valence-corrected chi connectivity index (χ0v) is 12.4. The molecule has 104 valence electrons. The van der Waals surface area contributed by atoms with Crippen molar-refractivity contribution in [3.05, 3.63) is 23.8 Å². The minimum absolute atomic E-state index is 0.441. The van der Waals surface area contributed by atoms with Crippen LogP contribution >= 0.6 is 12.2 Å². The maximum absolute atomic E-state index is 5.27. The number of benzene rings is 1. The van der Waals surface area contributed by atoms with Crippen LogP contribution in [0.1, 0.15) is 12.5 Å². The Morgan fingerprint density at radius 1 is 1.11 bits per heavy atom. The zero-order valence-electron chi connectivity index (χ0n) is 11.6. The summed E-state index contributed by atoms with van der Waals surface area (Å²) in [5.41, 5.74) is 0.886. The van der Waals surface area contributed by atoms with Crippen molar-refractivity contribution >= 4 is 23.3 Å². The molecule has 1 rings (SSSR count). The molecule has 0 atom stereocenters. The number of ether oxygens (including phenoxy) is 4. The Labute approximate surface area is 118 Å². The zero-order chi connectivity index (χ0) is 14.3. The Balaban J connectivity index is 3.06. The van der Waals surface area contributed by atoms with Gasteiger partial charge in [-0.15, -0.1) is 0 Å². The van der Waals surface area contributed by atoms with Crippen LogP contribution in [0.3, 0.4) is 0 Å². The minimum atomic E-state index is 0.441. The van der Waals surface area contributed by atoms with Crippen LogP contribution in [0.25, 0.3) is 6.08 Å². The number of thiocarbonyl (C=S) groups is 1. The fraction of sp³-hybridized carbons (Fsp3) is 0.357. The molecule has 4 nitrogen and oxygen atoms in total. The molecule has 0 aliphatic rings. The van der Waals surface area contributed by atoms with Crippen LogP contribution in [0.5, 0.6) is 17.2 Å². The van der Waals surface area contributed by atoms with Crippen LogP contribution in [0.4, 0.5) is 0 Å². The Morgan fingerprint density at radius 2 is 1.68 bits per heavy atom. The molecule has 0 aliphatic heterocycles. The molecule has 0 radical (unpaired) electrons. The summed E-state index contributed by atoms with van der Waals surface area (Å²) in [6.07, 6.45) is 3.56. The molecule has 1 aromatic carbocycles. The van der Waals surface area contributed by atoms with Gasteiger partial charge >= 0.3 is 0 Å². The number of hydrogen-bond donors (Lipinski definition) is 0. The molecule has 0 bridgehead atoms. The predicted octanol–water partition coefficient (Wildman–Crippen LogP) is 3.09. The van der Waals surface area contributed by atoms with E-state index in [9.17, 15) is 0 Å². The molecule has 0 aliphatic carbocycles. The van der Waals surface area contributed by atoms with Crippen molar-refractivity contribution in [3.8, 4) is 17.2 Å². The van der Waals surface area contributed by atoms with Crippen molar-refractivity contribution in [2.24, 2.45) is 0 Å². The van der Waals surface area contributed by atoms with Crippen LogP contribution in [-0.2, 0) is 4.74 Å². The number of methoxy groups -OCH3 is 3. The first-order valence-corrected chi connectivity index (χ1v) is 6.21. The summed E-state index contributed by atoms with van der Waals surface area (Å²) in [4.78, 5) is 0. The largest absolute Gasteiger partial charge is 0.493 e. The van der Waals surface area contributed by atoms with Crippen LogP contribution in [0.15, 0.2) is 18.2 Å². The van der Waals surface area contributed by atoms with Gasteiger partial charge in [-0.1, -0.05) is 6.08 Å². The third-order valence-corrected chi connectivity index (χ3v) is 2.64. The van der Waals surface area contributed by atoms with E-state index in [1.807, 2.05) is 25.1 Å². The summed E-state index contributed by atoms with van der Waals surface area (Å²) >= 11 is 5.03. The highest BCUT2D eigenvalue weighted by molar-refractivity contribution is 7.80. The predicted molar refractivity (Wildman–Crippen MR) is 79.4 cm³/mol. The van der Waals surface area contributed by atoms with Gasteiger partial charge in [0.15, 0.2) is 16.5 Å². The third-order valence-electron chi connectivity index (χ3n) is 2.39. The highest BCUT2D eigenvalue weighted by Crippen LogP contribution is 2.38.